The van der Waals surface area contributed by atoms with Crippen LogP contribution in [-0.2, 0) is 4.79 Å². The van der Waals surface area contributed by atoms with Crippen LogP contribution in [0.4, 0.5) is 0 Å². The summed E-state index contributed by atoms with van der Waals surface area (Å²) in [5, 5.41) is 20.1. The van der Waals surface area contributed by atoms with Crippen molar-refractivity contribution in [2.45, 2.75) is 51.6 Å². The quantitative estimate of drug-likeness (QED) is 0.585. The van der Waals surface area contributed by atoms with Gasteiger partial charge in [0.25, 0.3) is 0 Å². The standard InChI is InChI=1S/C15H22O3/c1-10-5-4-7-14(3)8-6-12(9-15(10,14)18)11(2)13(16)17/h5,12,18H,2,4,6-9H2,1,3H3,(H,16,17)/t12-,14-,15-/m1/s1. The fourth-order valence-electron chi connectivity index (χ4n) is 3.62. The van der Waals surface area contributed by atoms with Crippen molar-refractivity contribution in [3.05, 3.63) is 23.8 Å². The van der Waals surface area contributed by atoms with E-state index in [0.29, 0.717) is 6.42 Å². The average molecular weight is 250 g/mol. The minimum atomic E-state index is -0.940. The number of carboxylic acids is 1. The Balaban J connectivity index is 2.29. The largest absolute Gasteiger partial charge is 0.478 e. The summed E-state index contributed by atoms with van der Waals surface area (Å²) in [4.78, 5) is 11.0. The van der Waals surface area contributed by atoms with Crippen LogP contribution < -0.4 is 0 Å². The number of fused-ring (bicyclic) bond motifs is 1. The first-order valence-corrected chi connectivity index (χ1v) is 6.62. The molecule has 3 atom stereocenters. The third-order valence-corrected chi connectivity index (χ3v) is 5.15. The monoisotopic (exact) mass is 250 g/mol. The van der Waals surface area contributed by atoms with E-state index >= 15 is 0 Å². The van der Waals surface area contributed by atoms with Gasteiger partial charge in [0.2, 0.25) is 0 Å². The lowest BCUT2D eigenvalue weighted by molar-refractivity contribution is -0.135. The number of hydrogen-bond donors (Lipinski definition) is 2. The van der Waals surface area contributed by atoms with Crippen LogP contribution in [0.5, 0.6) is 0 Å². The molecule has 2 rings (SSSR count). The van der Waals surface area contributed by atoms with E-state index in [4.69, 9.17) is 5.11 Å². The van der Waals surface area contributed by atoms with Gasteiger partial charge in [-0.15, -0.1) is 0 Å². The van der Waals surface area contributed by atoms with Gasteiger partial charge in [-0.3, -0.25) is 0 Å². The topological polar surface area (TPSA) is 57.5 Å². The second-order valence-corrected chi connectivity index (χ2v) is 6.12. The van der Waals surface area contributed by atoms with Gasteiger partial charge in [-0.2, -0.15) is 0 Å². The summed E-state index contributed by atoms with van der Waals surface area (Å²) >= 11 is 0. The number of rotatable bonds is 2. The molecule has 100 valence electrons. The average Bonchev–Trinajstić information content (AvgIpc) is 2.30. The summed E-state index contributed by atoms with van der Waals surface area (Å²) in [5.41, 5.74) is 0.274. The van der Waals surface area contributed by atoms with E-state index in [1.54, 1.807) is 0 Å². The summed E-state index contributed by atoms with van der Waals surface area (Å²) in [6, 6.07) is 0. The van der Waals surface area contributed by atoms with E-state index in [-0.39, 0.29) is 16.9 Å². The van der Waals surface area contributed by atoms with Crippen LogP contribution in [0.25, 0.3) is 0 Å². The van der Waals surface area contributed by atoms with Crippen molar-refractivity contribution in [1.29, 1.82) is 0 Å². The maximum atomic E-state index is 11.0. The molecule has 2 aliphatic carbocycles. The van der Waals surface area contributed by atoms with Crippen molar-refractivity contribution in [1.82, 2.24) is 0 Å². The second-order valence-electron chi connectivity index (χ2n) is 6.12. The Kier molecular flexibility index (Phi) is 3.14. The Bertz CT molecular complexity index is 423. The van der Waals surface area contributed by atoms with Crippen LogP contribution in [-0.4, -0.2) is 21.8 Å². The molecule has 0 amide bonds. The predicted molar refractivity (Wildman–Crippen MR) is 70.2 cm³/mol. The summed E-state index contributed by atoms with van der Waals surface area (Å²) in [6.45, 7) is 7.75. The zero-order chi connectivity index (χ0) is 13.6. The minimum absolute atomic E-state index is 0.109. The summed E-state index contributed by atoms with van der Waals surface area (Å²) < 4.78 is 0. The van der Waals surface area contributed by atoms with Gasteiger partial charge in [0.1, 0.15) is 0 Å². The highest BCUT2D eigenvalue weighted by Crippen LogP contribution is 2.55. The Morgan fingerprint density at radius 3 is 2.78 bits per heavy atom. The van der Waals surface area contributed by atoms with Gasteiger partial charge >= 0.3 is 5.97 Å². The van der Waals surface area contributed by atoms with Gasteiger partial charge in [-0.05, 0) is 50.5 Å². The van der Waals surface area contributed by atoms with Crippen molar-refractivity contribution >= 4 is 5.97 Å². The van der Waals surface area contributed by atoms with E-state index in [1.807, 2.05) is 6.92 Å². The van der Waals surface area contributed by atoms with Gasteiger partial charge in [0, 0.05) is 11.0 Å². The first kappa shape index (κ1) is 13.3. The molecule has 1 fully saturated rings. The van der Waals surface area contributed by atoms with Gasteiger partial charge in [0.05, 0.1) is 5.60 Å². The predicted octanol–water partition coefficient (Wildman–Crippen LogP) is 2.90. The summed E-state index contributed by atoms with van der Waals surface area (Å²) in [5.74, 6) is -1.05. The summed E-state index contributed by atoms with van der Waals surface area (Å²) in [6.07, 6.45) is 6.26. The second kappa shape index (κ2) is 4.23. The zero-order valence-electron chi connectivity index (χ0n) is 11.2. The highest BCUT2D eigenvalue weighted by molar-refractivity contribution is 5.86. The Hall–Kier alpha value is -1.09. The van der Waals surface area contributed by atoms with Crippen LogP contribution in [0.15, 0.2) is 23.8 Å². The van der Waals surface area contributed by atoms with E-state index in [2.05, 4.69) is 19.6 Å². The van der Waals surface area contributed by atoms with E-state index in [0.717, 1.165) is 31.3 Å². The van der Waals surface area contributed by atoms with Crippen molar-refractivity contribution < 1.29 is 15.0 Å². The molecule has 2 N–H and O–H groups in total. The Labute approximate surface area is 108 Å². The van der Waals surface area contributed by atoms with Crippen molar-refractivity contribution in [3.63, 3.8) is 0 Å². The van der Waals surface area contributed by atoms with Crippen LogP contribution in [0.2, 0.25) is 0 Å². The number of aliphatic hydroxyl groups is 1. The molecule has 0 aromatic carbocycles. The lowest BCUT2D eigenvalue weighted by Gasteiger charge is -2.54. The Morgan fingerprint density at radius 1 is 1.50 bits per heavy atom. The van der Waals surface area contributed by atoms with Gasteiger partial charge in [0.15, 0.2) is 0 Å². The first-order chi connectivity index (χ1) is 8.30. The van der Waals surface area contributed by atoms with Crippen molar-refractivity contribution in [3.8, 4) is 0 Å². The van der Waals surface area contributed by atoms with E-state index < -0.39 is 11.6 Å². The molecule has 18 heavy (non-hydrogen) atoms. The minimum Gasteiger partial charge on any atom is -0.478 e. The SMILES string of the molecule is C=C(C(=O)O)[C@@H]1CC[C@@]2(C)CCC=C(C)[C@]2(O)C1. The Morgan fingerprint density at radius 2 is 2.17 bits per heavy atom. The lowest BCUT2D eigenvalue weighted by atomic mass is 9.54. The lowest BCUT2D eigenvalue weighted by Crippen LogP contribution is -2.53. The fourth-order valence-corrected chi connectivity index (χ4v) is 3.62. The van der Waals surface area contributed by atoms with Crippen LogP contribution in [0, 0.1) is 11.3 Å². The number of carbonyl (C=O) groups is 1. The third kappa shape index (κ3) is 1.81. The normalized spacial score (nSPS) is 39.7. The molecule has 3 nitrogen and oxygen atoms in total. The molecular formula is C15H22O3. The van der Waals surface area contributed by atoms with E-state index in [1.165, 1.54) is 0 Å². The molecule has 3 heteroatoms. The third-order valence-electron chi connectivity index (χ3n) is 5.15. The van der Waals surface area contributed by atoms with Crippen LogP contribution in [0.1, 0.15) is 46.0 Å². The molecule has 0 aromatic rings. The molecule has 0 aliphatic heterocycles. The number of aliphatic carboxylic acids is 1. The smallest absolute Gasteiger partial charge is 0.331 e. The molecule has 0 bridgehead atoms. The summed E-state index contributed by atoms with van der Waals surface area (Å²) in [7, 11) is 0. The molecule has 1 saturated carbocycles. The zero-order valence-corrected chi connectivity index (χ0v) is 11.2. The van der Waals surface area contributed by atoms with Crippen LogP contribution >= 0.6 is 0 Å². The fraction of sp³-hybridized carbons (Fsp3) is 0.667. The number of allylic oxidation sites excluding steroid dienone is 1. The maximum Gasteiger partial charge on any atom is 0.331 e. The highest BCUT2D eigenvalue weighted by Gasteiger charge is 2.53. The number of carboxylic acid groups (broad SMARTS) is 1. The molecule has 2 aliphatic rings. The molecule has 0 heterocycles. The van der Waals surface area contributed by atoms with Gasteiger partial charge in [-0.1, -0.05) is 19.6 Å². The molecule has 0 unspecified atom stereocenters. The molecule has 0 aromatic heterocycles. The van der Waals surface area contributed by atoms with Gasteiger partial charge in [-0.25, -0.2) is 4.79 Å². The molecule has 0 spiro atoms. The molecule has 0 saturated heterocycles. The van der Waals surface area contributed by atoms with E-state index in [9.17, 15) is 9.90 Å². The van der Waals surface area contributed by atoms with Crippen LogP contribution in [0.3, 0.4) is 0 Å². The maximum absolute atomic E-state index is 11.0. The van der Waals surface area contributed by atoms with Crippen molar-refractivity contribution in [2.24, 2.45) is 11.3 Å². The van der Waals surface area contributed by atoms with Crippen molar-refractivity contribution in [2.75, 3.05) is 0 Å². The molecule has 0 radical (unpaired) electrons. The first-order valence-electron chi connectivity index (χ1n) is 6.62. The van der Waals surface area contributed by atoms with Gasteiger partial charge < -0.3 is 10.2 Å². The molecular weight excluding hydrogens is 228 g/mol. The highest BCUT2D eigenvalue weighted by atomic mass is 16.4. The number of hydrogen-bond acceptors (Lipinski definition) is 2.